The summed E-state index contributed by atoms with van der Waals surface area (Å²) in [5.41, 5.74) is 0. The predicted octanol–water partition coefficient (Wildman–Crippen LogP) is 1.26. The van der Waals surface area contributed by atoms with Crippen LogP contribution in [0.2, 0.25) is 0 Å². The van der Waals surface area contributed by atoms with Crippen molar-refractivity contribution in [1.82, 2.24) is 10.2 Å². The highest BCUT2D eigenvalue weighted by Crippen LogP contribution is 2.10. The summed E-state index contributed by atoms with van der Waals surface area (Å²) in [5, 5.41) is 3.53. The lowest BCUT2D eigenvalue weighted by Crippen LogP contribution is -2.41. The van der Waals surface area contributed by atoms with E-state index in [1.54, 1.807) is 7.11 Å². The van der Waals surface area contributed by atoms with E-state index in [0.717, 1.165) is 32.5 Å². The maximum atomic E-state index is 12.0. The van der Waals surface area contributed by atoms with E-state index in [2.05, 4.69) is 19.2 Å². The number of rotatable bonds is 5. The quantitative estimate of drug-likeness (QED) is 0.789. The molecular formula is C13H26N2O2. The van der Waals surface area contributed by atoms with Crippen molar-refractivity contribution in [2.24, 2.45) is 5.92 Å². The molecule has 0 aliphatic carbocycles. The minimum Gasteiger partial charge on any atom is -0.384 e. The van der Waals surface area contributed by atoms with Crippen LogP contribution in [0, 0.1) is 5.92 Å². The molecule has 0 saturated carbocycles. The van der Waals surface area contributed by atoms with Gasteiger partial charge in [0, 0.05) is 26.2 Å². The van der Waals surface area contributed by atoms with Gasteiger partial charge in [0.25, 0.3) is 0 Å². The highest BCUT2D eigenvalue weighted by molar-refractivity contribution is 5.76. The van der Waals surface area contributed by atoms with Crippen molar-refractivity contribution in [3.63, 3.8) is 0 Å². The average Bonchev–Trinajstić information content (AvgIpc) is 2.50. The van der Waals surface area contributed by atoms with Gasteiger partial charge in [-0.3, -0.25) is 4.79 Å². The summed E-state index contributed by atoms with van der Waals surface area (Å²) in [7, 11) is 1.64. The number of hydrogen-bond acceptors (Lipinski definition) is 3. The molecule has 1 heterocycles. The van der Waals surface area contributed by atoms with E-state index in [4.69, 9.17) is 4.74 Å². The number of nitrogens with one attached hydrogen (secondary N) is 1. The van der Waals surface area contributed by atoms with Gasteiger partial charge in [0.1, 0.15) is 0 Å². The molecule has 0 aromatic heterocycles. The Bertz CT molecular complexity index is 231. The fourth-order valence-corrected chi connectivity index (χ4v) is 2.30. The molecule has 0 radical (unpaired) electrons. The monoisotopic (exact) mass is 242 g/mol. The molecule has 0 aromatic rings. The zero-order valence-corrected chi connectivity index (χ0v) is 11.4. The third kappa shape index (κ3) is 5.50. The first-order chi connectivity index (χ1) is 8.13. The first kappa shape index (κ1) is 14.5. The van der Waals surface area contributed by atoms with E-state index in [9.17, 15) is 4.79 Å². The van der Waals surface area contributed by atoms with Crippen LogP contribution in [0.25, 0.3) is 0 Å². The second-order valence-electron chi connectivity index (χ2n) is 5.22. The molecule has 0 aromatic carbocycles. The molecule has 0 spiro atoms. The molecule has 0 bridgehead atoms. The molecule has 1 amide bonds. The van der Waals surface area contributed by atoms with E-state index < -0.39 is 0 Å². The molecule has 1 unspecified atom stereocenters. The van der Waals surface area contributed by atoms with E-state index >= 15 is 0 Å². The third-order valence-electron chi connectivity index (χ3n) is 3.11. The number of hydrogen-bond donors (Lipinski definition) is 1. The van der Waals surface area contributed by atoms with E-state index in [1.807, 2.05) is 4.90 Å². The maximum absolute atomic E-state index is 12.0. The van der Waals surface area contributed by atoms with E-state index in [-0.39, 0.29) is 5.91 Å². The Morgan fingerprint density at radius 3 is 2.94 bits per heavy atom. The average molecular weight is 242 g/mol. The Kier molecular flexibility index (Phi) is 6.52. The van der Waals surface area contributed by atoms with Crippen LogP contribution in [-0.4, -0.2) is 50.2 Å². The number of carbonyl (C=O) groups is 1. The summed E-state index contributed by atoms with van der Waals surface area (Å²) in [6.45, 7) is 7.72. The van der Waals surface area contributed by atoms with Gasteiger partial charge in [-0.1, -0.05) is 13.8 Å². The van der Waals surface area contributed by atoms with Gasteiger partial charge in [0.15, 0.2) is 0 Å². The van der Waals surface area contributed by atoms with Gasteiger partial charge >= 0.3 is 0 Å². The summed E-state index contributed by atoms with van der Waals surface area (Å²) < 4.78 is 4.96. The first-order valence-corrected chi connectivity index (χ1v) is 6.63. The number of ether oxygens (including phenoxy) is 1. The number of carbonyl (C=O) groups excluding carboxylic acids is 1. The largest absolute Gasteiger partial charge is 0.384 e. The normalized spacial score (nSPS) is 21.6. The second-order valence-corrected chi connectivity index (χ2v) is 5.22. The van der Waals surface area contributed by atoms with Gasteiger partial charge in [0.2, 0.25) is 5.91 Å². The summed E-state index contributed by atoms with van der Waals surface area (Å²) in [5.74, 6) is 0.894. The minimum absolute atomic E-state index is 0.226. The lowest BCUT2D eigenvalue weighted by atomic mass is 10.0. The van der Waals surface area contributed by atoms with Gasteiger partial charge in [-0.25, -0.2) is 0 Å². The van der Waals surface area contributed by atoms with Crippen LogP contribution < -0.4 is 5.32 Å². The molecule has 1 atom stereocenters. The van der Waals surface area contributed by atoms with Crippen molar-refractivity contribution in [2.75, 3.05) is 33.4 Å². The zero-order valence-electron chi connectivity index (χ0n) is 11.4. The van der Waals surface area contributed by atoms with Crippen LogP contribution >= 0.6 is 0 Å². The molecule has 1 aliphatic rings. The van der Waals surface area contributed by atoms with Crippen LogP contribution in [-0.2, 0) is 9.53 Å². The van der Waals surface area contributed by atoms with Gasteiger partial charge in [0.05, 0.1) is 13.0 Å². The lowest BCUT2D eigenvalue weighted by molar-refractivity contribution is -0.132. The Balaban J connectivity index is 2.44. The van der Waals surface area contributed by atoms with E-state index in [1.165, 1.54) is 0 Å². The highest BCUT2D eigenvalue weighted by Gasteiger charge is 2.21. The van der Waals surface area contributed by atoms with Gasteiger partial charge in [-0.05, 0) is 25.3 Å². The molecule has 17 heavy (non-hydrogen) atoms. The van der Waals surface area contributed by atoms with Crippen LogP contribution in [0.15, 0.2) is 0 Å². The predicted molar refractivity (Wildman–Crippen MR) is 68.9 cm³/mol. The molecule has 1 saturated heterocycles. The molecule has 4 nitrogen and oxygen atoms in total. The summed E-state index contributed by atoms with van der Waals surface area (Å²) >= 11 is 0. The zero-order chi connectivity index (χ0) is 12.7. The van der Waals surface area contributed by atoms with Crippen LogP contribution in [0.3, 0.4) is 0 Å². The van der Waals surface area contributed by atoms with Crippen molar-refractivity contribution in [1.29, 1.82) is 0 Å². The summed E-state index contributed by atoms with van der Waals surface area (Å²) in [6.07, 6.45) is 2.69. The van der Waals surface area contributed by atoms with E-state index in [0.29, 0.717) is 25.0 Å². The summed E-state index contributed by atoms with van der Waals surface area (Å²) in [6, 6.07) is 0.448. The van der Waals surface area contributed by atoms with Crippen molar-refractivity contribution in [3.05, 3.63) is 0 Å². The molecule has 4 heteroatoms. The Morgan fingerprint density at radius 2 is 2.29 bits per heavy atom. The number of amides is 1. The smallest absolute Gasteiger partial charge is 0.224 e. The second kappa shape index (κ2) is 7.67. The Labute approximate surface area is 105 Å². The van der Waals surface area contributed by atoms with Crippen LogP contribution in [0.5, 0.6) is 0 Å². The minimum atomic E-state index is 0.226. The van der Waals surface area contributed by atoms with Crippen LogP contribution in [0.4, 0.5) is 0 Å². The summed E-state index contributed by atoms with van der Waals surface area (Å²) in [4.78, 5) is 14.0. The van der Waals surface area contributed by atoms with Gasteiger partial charge < -0.3 is 15.0 Å². The van der Waals surface area contributed by atoms with Crippen molar-refractivity contribution < 1.29 is 9.53 Å². The van der Waals surface area contributed by atoms with Gasteiger partial charge in [-0.2, -0.15) is 0 Å². The standard InChI is InChI=1S/C13H26N2O2/c1-11(2)9-12-10-15(7-4-6-14-12)13(16)5-8-17-3/h11-12,14H,4-10H2,1-3H3. The van der Waals surface area contributed by atoms with Crippen molar-refractivity contribution >= 4 is 5.91 Å². The molecular weight excluding hydrogens is 216 g/mol. The molecule has 1 rings (SSSR count). The SMILES string of the molecule is COCCC(=O)N1CCCNC(CC(C)C)C1. The molecule has 100 valence electrons. The van der Waals surface area contributed by atoms with Crippen molar-refractivity contribution in [2.45, 2.75) is 39.2 Å². The van der Waals surface area contributed by atoms with Crippen molar-refractivity contribution in [3.8, 4) is 0 Å². The molecule has 1 aliphatic heterocycles. The number of methoxy groups -OCH3 is 1. The third-order valence-corrected chi connectivity index (χ3v) is 3.11. The molecule has 1 N–H and O–H groups in total. The number of nitrogens with zero attached hydrogens (tertiary/aromatic N) is 1. The highest BCUT2D eigenvalue weighted by atomic mass is 16.5. The first-order valence-electron chi connectivity index (χ1n) is 6.63. The fraction of sp³-hybridized carbons (Fsp3) is 0.923. The Hall–Kier alpha value is -0.610. The van der Waals surface area contributed by atoms with Gasteiger partial charge in [-0.15, -0.1) is 0 Å². The Morgan fingerprint density at radius 1 is 1.53 bits per heavy atom. The lowest BCUT2D eigenvalue weighted by Gasteiger charge is -2.25. The fourth-order valence-electron chi connectivity index (χ4n) is 2.30. The van der Waals surface area contributed by atoms with Crippen LogP contribution in [0.1, 0.15) is 33.1 Å². The topological polar surface area (TPSA) is 41.6 Å². The molecule has 1 fully saturated rings. The maximum Gasteiger partial charge on any atom is 0.224 e.